The third-order valence-electron chi connectivity index (χ3n) is 2.98. The minimum absolute atomic E-state index is 0.142. The number of benzene rings is 1. The molecule has 0 saturated carbocycles. The molecule has 3 heteroatoms. The van der Waals surface area contributed by atoms with Crippen molar-refractivity contribution in [2.75, 3.05) is 26.8 Å². The van der Waals surface area contributed by atoms with Gasteiger partial charge in [0.15, 0.2) is 0 Å². The number of ether oxygens (including phenoxy) is 2. The summed E-state index contributed by atoms with van der Waals surface area (Å²) in [4.78, 5) is 0. The summed E-state index contributed by atoms with van der Waals surface area (Å²) in [7, 11) is 1.70. The Bertz CT molecular complexity index is 324. The van der Waals surface area contributed by atoms with Crippen LogP contribution >= 0.6 is 0 Å². The topological polar surface area (TPSA) is 30.5 Å². The minimum Gasteiger partial charge on any atom is -0.382 e. The van der Waals surface area contributed by atoms with E-state index >= 15 is 0 Å². The lowest BCUT2D eigenvalue weighted by Crippen LogP contribution is -2.17. The first-order chi connectivity index (χ1) is 9.26. The molecular weight excluding hydrogens is 238 g/mol. The monoisotopic (exact) mass is 265 g/mol. The van der Waals surface area contributed by atoms with E-state index in [-0.39, 0.29) is 6.10 Å². The van der Waals surface area contributed by atoms with Crippen LogP contribution in [0.15, 0.2) is 24.3 Å². The lowest BCUT2D eigenvalue weighted by atomic mass is 10.1. The van der Waals surface area contributed by atoms with Crippen molar-refractivity contribution in [3.63, 3.8) is 0 Å². The normalized spacial score (nSPS) is 12.6. The van der Waals surface area contributed by atoms with Crippen LogP contribution in [-0.2, 0) is 22.5 Å². The van der Waals surface area contributed by atoms with Crippen LogP contribution < -0.4 is 5.32 Å². The third-order valence-corrected chi connectivity index (χ3v) is 2.98. The molecule has 0 saturated heterocycles. The number of methoxy groups -OCH3 is 1. The van der Waals surface area contributed by atoms with Crippen molar-refractivity contribution in [1.82, 2.24) is 5.32 Å². The first-order valence-corrected chi connectivity index (χ1v) is 7.15. The molecule has 1 aromatic rings. The molecule has 0 aliphatic carbocycles. The van der Waals surface area contributed by atoms with E-state index in [9.17, 15) is 0 Å². The van der Waals surface area contributed by atoms with Gasteiger partial charge in [-0.3, -0.25) is 0 Å². The van der Waals surface area contributed by atoms with E-state index in [0.29, 0.717) is 13.2 Å². The number of hydrogen-bond acceptors (Lipinski definition) is 3. The number of nitrogens with one attached hydrogen (secondary N) is 1. The van der Waals surface area contributed by atoms with Crippen LogP contribution in [0, 0.1) is 0 Å². The van der Waals surface area contributed by atoms with Gasteiger partial charge in [0.1, 0.15) is 0 Å². The first-order valence-electron chi connectivity index (χ1n) is 7.15. The summed E-state index contributed by atoms with van der Waals surface area (Å²) in [5.74, 6) is 0. The van der Waals surface area contributed by atoms with E-state index in [1.807, 2.05) is 6.92 Å². The van der Waals surface area contributed by atoms with Crippen molar-refractivity contribution in [2.45, 2.75) is 39.4 Å². The Hall–Kier alpha value is -0.900. The van der Waals surface area contributed by atoms with Crippen molar-refractivity contribution in [3.05, 3.63) is 35.4 Å². The zero-order valence-electron chi connectivity index (χ0n) is 12.4. The van der Waals surface area contributed by atoms with Gasteiger partial charge >= 0.3 is 0 Å². The SMILES string of the molecule is CCCNCCc1ccc(COC(C)COC)cc1. The molecule has 0 amide bonds. The smallest absolute Gasteiger partial charge is 0.0784 e. The lowest BCUT2D eigenvalue weighted by Gasteiger charge is -2.12. The predicted molar refractivity (Wildman–Crippen MR) is 79.4 cm³/mol. The third kappa shape index (κ3) is 7.31. The van der Waals surface area contributed by atoms with E-state index in [1.165, 1.54) is 17.5 Å². The first kappa shape index (κ1) is 16.2. The van der Waals surface area contributed by atoms with E-state index in [1.54, 1.807) is 7.11 Å². The Kier molecular flexibility index (Phi) is 8.47. The summed E-state index contributed by atoms with van der Waals surface area (Å²) < 4.78 is 10.7. The van der Waals surface area contributed by atoms with Crippen LogP contribution in [-0.4, -0.2) is 32.9 Å². The summed E-state index contributed by atoms with van der Waals surface area (Å²) in [6, 6.07) is 8.67. The van der Waals surface area contributed by atoms with E-state index in [4.69, 9.17) is 9.47 Å². The van der Waals surface area contributed by atoms with Gasteiger partial charge < -0.3 is 14.8 Å². The van der Waals surface area contributed by atoms with E-state index < -0.39 is 0 Å². The standard InChI is InChI=1S/C16H27NO2/c1-4-10-17-11-9-15-5-7-16(8-6-15)13-19-14(2)12-18-3/h5-8,14,17H,4,9-13H2,1-3H3. The second-order valence-corrected chi connectivity index (χ2v) is 4.89. The van der Waals surface area contributed by atoms with Gasteiger partial charge in [-0.05, 0) is 44.0 Å². The molecule has 1 aromatic carbocycles. The molecule has 0 radical (unpaired) electrons. The molecular formula is C16H27NO2. The fraction of sp³-hybridized carbons (Fsp3) is 0.625. The molecule has 0 aliphatic rings. The fourth-order valence-corrected chi connectivity index (χ4v) is 1.86. The molecule has 0 heterocycles. The largest absolute Gasteiger partial charge is 0.382 e. The van der Waals surface area contributed by atoms with Gasteiger partial charge in [0.2, 0.25) is 0 Å². The zero-order valence-corrected chi connectivity index (χ0v) is 12.4. The summed E-state index contributed by atoms with van der Waals surface area (Å²) in [6.07, 6.45) is 2.42. The highest BCUT2D eigenvalue weighted by atomic mass is 16.5. The van der Waals surface area contributed by atoms with Crippen molar-refractivity contribution in [1.29, 1.82) is 0 Å². The Morgan fingerprint density at radius 3 is 2.42 bits per heavy atom. The highest BCUT2D eigenvalue weighted by molar-refractivity contribution is 5.22. The molecule has 0 aliphatic heterocycles. The maximum Gasteiger partial charge on any atom is 0.0784 e. The van der Waals surface area contributed by atoms with Crippen molar-refractivity contribution < 1.29 is 9.47 Å². The second kappa shape index (κ2) is 9.96. The van der Waals surface area contributed by atoms with Gasteiger partial charge in [-0.1, -0.05) is 31.2 Å². The lowest BCUT2D eigenvalue weighted by molar-refractivity contribution is -0.000128. The number of rotatable bonds is 10. The molecule has 108 valence electrons. The van der Waals surface area contributed by atoms with Crippen LogP contribution in [0.25, 0.3) is 0 Å². The van der Waals surface area contributed by atoms with Gasteiger partial charge in [0.05, 0.1) is 19.3 Å². The molecule has 1 N–H and O–H groups in total. The molecule has 0 fully saturated rings. The fourth-order valence-electron chi connectivity index (χ4n) is 1.86. The van der Waals surface area contributed by atoms with Crippen LogP contribution in [0.1, 0.15) is 31.4 Å². The van der Waals surface area contributed by atoms with E-state index in [2.05, 4.69) is 36.5 Å². The molecule has 0 bridgehead atoms. The van der Waals surface area contributed by atoms with Crippen LogP contribution in [0.4, 0.5) is 0 Å². The Morgan fingerprint density at radius 1 is 1.11 bits per heavy atom. The Labute approximate surface area is 117 Å². The Morgan fingerprint density at radius 2 is 1.79 bits per heavy atom. The van der Waals surface area contributed by atoms with Crippen molar-refractivity contribution >= 4 is 0 Å². The summed E-state index contributed by atoms with van der Waals surface area (Å²) >= 11 is 0. The maximum atomic E-state index is 5.68. The van der Waals surface area contributed by atoms with E-state index in [0.717, 1.165) is 19.5 Å². The van der Waals surface area contributed by atoms with Gasteiger partial charge in [0.25, 0.3) is 0 Å². The molecule has 1 unspecified atom stereocenters. The van der Waals surface area contributed by atoms with Crippen LogP contribution in [0.3, 0.4) is 0 Å². The highest BCUT2D eigenvalue weighted by Crippen LogP contribution is 2.07. The molecule has 1 rings (SSSR count). The predicted octanol–water partition coefficient (Wildman–Crippen LogP) is 2.78. The highest BCUT2D eigenvalue weighted by Gasteiger charge is 2.02. The Balaban J connectivity index is 2.27. The quantitative estimate of drug-likeness (QED) is 0.660. The minimum atomic E-state index is 0.142. The number of hydrogen-bond donors (Lipinski definition) is 1. The molecule has 0 spiro atoms. The second-order valence-electron chi connectivity index (χ2n) is 4.89. The van der Waals surface area contributed by atoms with Crippen molar-refractivity contribution in [3.8, 4) is 0 Å². The maximum absolute atomic E-state index is 5.68. The van der Waals surface area contributed by atoms with Crippen LogP contribution in [0.2, 0.25) is 0 Å². The van der Waals surface area contributed by atoms with Gasteiger partial charge in [-0.15, -0.1) is 0 Å². The molecule has 3 nitrogen and oxygen atoms in total. The summed E-state index contributed by atoms with van der Waals surface area (Å²) in [5.41, 5.74) is 2.59. The molecule has 1 atom stereocenters. The van der Waals surface area contributed by atoms with Gasteiger partial charge in [-0.25, -0.2) is 0 Å². The van der Waals surface area contributed by atoms with Gasteiger partial charge in [0, 0.05) is 7.11 Å². The zero-order chi connectivity index (χ0) is 13.9. The average molecular weight is 265 g/mol. The summed E-state index contributed by atoms with van der Waals surface area (Å²) in [6.45, 7) is 7.65. The van der Waals surface area contributed by atoms with Crippen molar-refractivity contribution in [2.24, 2.45) is 0 Å². The summed E-state index contributed by atoms with van der Waals surface area (Å²) in [5, 5.41) is 3.41. The molecule has 19 heavy (non-hydrogen) atoms. The molecule has 0 aromatic heterocycles. The van der Waals surface area contributed by atoms with Gasteiger partial charge in [-0.2, -0.15) is 0 Å². The average Bonchev–Trinajstić information content (AvgIpc) is 2.43. The van der Waals surface area contributed by atoms with Crippen LogP contribution in [0.5, 0.6) is 0 Å².